The van der Waals surface area contributed by atoms with Gasteiger partial charge in [0.2, 0.25) is 11.8 Å². The van der Waals surface area contributed by atoms with Crippen molar-refractivity contribution < 1.29 is 9.59 Å². The van der Waals surface area contributed by atoms with Crippen LogP contribution >= 0.6 is 0 Å². The molecule has 0 spiro atoms. The van der Waals surface area contributed by atoms with Gasteiger partial charge in [-0.1, -0.05) is 6.07 Å². The Morgan fingerprint density at radius 1 is 1.20 bits per heavy atom. The normalized spacial score (nSPS) is 10.1. The van der Waals surface area contributed by atoms with E-state index in [-0.39, 0.29) is 24.9 Å². The summed E-state index contributed by atoms with van der Waals surface area (Å²) in [5.74, 6) is -0.703. The minimum absolute atomic E-state index is 0.118. The lowest BCUT2D eigenvalue weighted by Crippen LogP contribution is -2.36. The Balaban J connectivity index is 1.98. The molecule has 104 valence electrons. The Bertz CT molecular complexity index is 596. The first-order valence-corrected chi connectivity index (χ1v) is 5.90. The molecule has 2 amide bonds. The van der Waals surface area contributed by atoms with Crippen molar-refractivity contribution in [3.63, 3.8) is 0 Å². The molecule has 0 radical (unpaired) electrons. The van der Waals surface area contributed by atoms with E-state index < -0.39 is 0 Å². The number of nitrogens with zero attached hydrogens (tertiary/aromatic N) is 3. The third-order valence-electron chi connectivity index (χ3n) is 2.48. The summed E-state index contributed by atoms with van der Waals surface area (Å²) in [5.41, 5.74) is 6.56. The zero-order chi connectivity index (χ0) is 14.4. The van der Waals surface area contributed by atoms with Crippen molar-refractivity contribution in [1.82, 2.24) is 20.1 Å². The first kappa shape index (κ1) is 13.7. The second-order valence-electron chi connectivity index (χ2n) is 3.95. The molecule has 4 N–H and O–H groups in total. The Hall–Kier alpha value is -2.74. The van der Waals surface area contributed by atoms with Crippen molar-refractivity contribution in [2.75, 3.05) is 18.4 Å². The number of carbonyl (C=O) groups is 2. The lowest BCUT2D eigenvalue weighted by molar-refractivity contribution is -0.123. The van der Waals surface area contributed by atoms with Crippen molar-refractivity contribution >= 4 is 17.5 Å². The minimum Gasteiger partial charge on any atom is -0.346 e. The van der Waals surface area contributed by atoms with E-state index in [1.807, 2.05) is 6.07 Å². The second kappa shape index (κ2) is 6.43. The summed E-state index contributed by atoms with van der Waals surface area (Å²) in [7, 11) is 0. The molecule has 0 aliphatic rings. The third-order valence-corrected chi connectivity index (χ3v) is 2.48. The first-order chi connectivity index (χ1) is 9.69. The van der Waals surface area contributed by atoms with Crippen LogP contribution in [0.5, 0.6) is 0 Å². The van der Waals surface area contributed by atoms with Gasteiger partial charge in [-0.25, -0.2) is 0 Å². The third kappa shape index (κ3) is 3.62. The molecule has 0 saturated heterocycles. The van der Waals surface area contributed by atoms with E-state index >= 15 is 0 Å². The smallest absolute Gasteiger partial charge is 0.243 e. The van der Waals surface area contributed by atoms with E-state index in [1.165, 1.54) is 0 Å². The number of amides is 2. The largest absolute Gasteiger partial charge is 0.346 e. The van der Waals surface area contributed by atoms with Gasteiger partial charge in [-0.3, -0.25) is 14.2 Å². The minimum atomic E-state index is -0.376. The van der Waals surface area contributed by atoms with Gasteiger partial charge in [-0.15, -0.1) is 10.2 Å². The number of carbonyl (C=O) groups excluding carboxylic acids is 2. The Labute approximate surface area is 115 Å². The van der Waals surface area contributed by atoms with Crippen LogP contribution in [0, 0.1) is 0 Å². The van der Waals surface area contributed by atoms with Gasteiger partial charge in [-0.2, -0.15) is 0 Å². The summed E-state index contributed by atoms with van der Waals surface area (Å²) >= 11 is 0. The molecular weight excluding hydrogens is 260 g/mol. The molecule has 1 aromatic carbocycles. The summed E-state index contributed by atoms with van der Waals surface area (Å²) < 4.78 is 1.71. The molecule has 0 atom stereocenters. The van der Waals surface area contributed by atoms with Crippen molar-refractivity contribution in [3.8, 4) is 5.69 Å². The number of nitrogens with one attached hydrogen (secondary N) is 2. The average molecular weight is 274 g/mol. The van der Waals surface area contributed by atoms with E-state index in [4.69, 9.17) is 5.73 Å². The van der Waals surface area contributed by atoms with Gasteiger partial charge in [0.25, 0.3) is 0 Å². The summed E-state index contributed by atoms with van der Waals surface area (Å²) in [6.45, 7) is -0.261. The predicted molar refractivity (Wildman–Crippen MR) is 72.1 cm³/mol. The zero-order valence-electron chi connectivity index (χ0n) is 10.6. The summed E-state index contributed by atoms with van der Waals surface area (Å²) in [4.78, 5) is 22.6. The first-order valence-electron chi connectivity index (χ1n) is 5.90. The predicted octanol–water partition coefficient (Wildman–Crippen LogP) is -0.719. The van der Waals surface area contributed by atoms with E-state index in [0.29, 0.717) is 5.69 Å². The molecule has 0 aliphatic carbocycles. The SMILES string of the molecule is NCC(=O)NCC(=O)Nc1cccc(-n2cnnc2)c1. The highest BCUT2D eigenvalue weighted by Gasteiger charge is 2.05. The summed E-state index contributed by atoms with van der Waals surface area (Å²) in [6, 6.07) is 7.17. The van der Waals surface area contributed by atoms with Crippen LogP contribution in [0.4, 0.5) is 5.69 Å². The van der Waals surface area contributed by atoms with Gasteiger partial charge in [0.05, 0.1) is 18.8 Å². The molecule has 0 fully saturated rings. The van der Waals surface area contributed by atoms with Crippen molar-refractivity contribution in [1.29, 1.82) is 0 Å². The van der Waals surface area contributed by atoms with Gasteiger partial charge in [0.15, 0.2) is 0 Å². The lowest BCUT2D eigenvalue weighted by Gasteiger charge is -2.08. The van der Waals surface area contributed by atoms with Gasteiger partial charge >= 0.3 is 0 Å². The maximum atomic E-state index is 11.6. The van der Waals surface area contributed by atoms with Gasteiger partial charge in [0.1, 0.15) is 12.7 Å². The molecule has 8 nitrogen and oxygen atoms in total. The highest BCUT2D eigenvalue weighted by molar-refractivity contribution is 5.94. The molecule has 0 bridgehead atoms. The van der Waals surface area contributed by atoms with Crippen molar-refractivity contribution in [3.05, 3.63) is 36.9 Å². The molecular formula is C12H14N6O2. The number of hydrogen-bond acceptors (Lipinski definition) is 5. The fourth-order valence-electron chi connectivity index (χ4n) is 1.53. The molecule has 1 aromatic heterocycles. The Morgan fingerprint density at radius 2 is 1.95 bits per heavy atom. The summed E-state index contributed by atoms with van der Waals surface area (Å²) in [5, 5.41) is 12.5. The van der Waals surface area contributed by atoms with Crippen LogP contribution < -0.4 is 16.4 Å². The van der Waals surface area contributed by atoms with E-state index in [2.05, 4.69) is 20.8 Å². The number of aromatic nitrogens is 3. The van der Waals surface area contributed by atoms with Crippen LogP contribution in [-0.4, -0.2) is 39.7 Å². The summed E-state index contributed by atoms with van der Waals surface area (Å²) in [6.07, 6.45) is 3.12. The maximum Gasteiger partial charge on any atom is 0.243 e. The number of benzene rings is 1. The van der Waals surface area contributed by atoms with Crippen LogP contribution in [-0.2, 0) is 9.59 Å². The zero-order valence-corrected chi connectivity index (χ0v) is 10.6. The van der Waals surface area contributed by atoms with Crippen LogP contribution in [0.25, 0.3) is 5.69 Å². The molecule has 8 heteroatoms. The van der Waals surface area contributed by atoms with Gasteiger partial charge in [-0.05, 0) is 18.2 Å². The van der Waals surface area contributed by atoms with Crippen LogP contribution in [0.2, 0.25) is 0 Å². The number of hydrogen-bond donors (Lipinski definition) is 3. The lowest BCUT2D eigenvalue weighted by atomic mass is 10.2. The van der Waals surface area contributed by atoms with Crippen molar-refractivity contribution in [2.24, 2.45) is 5.73 Å². The van der Waals surface area contributed by atoms with E-state index in [9.17, 15) is 9.59 Å². The molecule has 0 unspecified atom stereocenters. The van der Waals surface area contributed by atoms with Gasteiger partial charge in [0, 0.05) is 5.69 Å². The van der Waals surface area contributed by atoms with Crippen LogP contribution in [0.15, 0.2) is 36.9 Å². The van der Waals surface area contributed by atoms with Gasteiger partial charge < -0.3 is 16.4 Å². The monoisotopic (exact) mass is 274 g/mol. The maximum absolute atomic E-state index is 11.6. The Morgan fingerprint density at radius 3 is 2.65 bits per heavy atom. The topological polar surface area (TPSA) is 115 Å². The number of nitrogens with two attached hydrogens (primary N) is 1. The molecule has 0 saturated carbocycles. The van der Waals surface area contributed by atoms with Crippen LogP contribution in [0.3, 0.4) is 0 Å². The number of anilines is 1. The molecule has 1 heterocycles. The van der Waals surface area contributed by atoms with Crippen LogP contribution in [0.1, 0.15) is 0 Å². The fraction of sp³-hybridized carbons (Fsp3) is 0.167. The Kier molecular flexibility index (Phi) is 4.40. The second-order valence-corrected chi connectivity index (χ2v) is 3.95. The molecule has 20 heavy (non-hydrogen) atoms. The standard InChI is InChI=1S/C12H14N6O2/c13-5-11(19)14-6-12(20)17-9-2-1-3-10(4-9)18-7-15-16-8-18/h1-4,7-8H,5-6,13H2,(H,14,19)(H,17,20). The highest BCUT2D eigenvalue weighted by Crippen LogP contribution is 2.13. The fourth-order valence-corrected chi connectivity index (χ4v) is 1.53. The molecule has 0 aliphatic heterocycles. The molecule has 2 rings (SSSR count). The molecule has 2 aromatic rings. The van der Waals surface area contributed by atoms with E-state index in [0.717, 1.165) is 5.69 Å². The quantitative estimate of drug-likeness (QED) is 0.665. The highest BCUT2D eigenvalue weighted by atomic mass is 16.2. The van der Waals surface area contributed by atoms with Crippen molar-refractivity contribution in [2.45, 2.75) is 0 Å². The van der Waals surface area contributed by atoms with E-state index in [1.54, 1.807) is 35.4 Å². The average Bonchev–Trinajstić information content (AvgIpc) is 2.99. The number of rotatable bonds is 5.